The Bertz CT molecular complexity index is 600. The number of Topliss-reactive ketones (excluding diaryl/α,β-unsaturated/α-hetero) is 1. The number of benzene rings is 2. The van der Waals surface area contributed by atoms with Crippen molar-refractivity contribution in [1.82, 2.24) is 0 Å². The predicted octanol–water partition coefficient (Wildman–Crippen LogP) is 3.77. The minimum atomic E-state index is -0.169. The highest BCUT2D eigenvalue weighted by atomic mass is 35.5. The summed E-state index contributed by atoms with van der Waals surface area (Å²) in [5.74, 6) is -0.287. The van der Waals surface area contributed by atoms with E-state index in [9.17, 15) is 9.59 Å². The minimum absolute atomic E-state index is 0.118. The van der Waals surface area contributed by atoms with Crippen molar-refractivity contribution >= 4 is 23.2 Å². The van der Waals surface area contributed by atoms with Gasteiger partial charge in [-0.3, -0.25) is 9.59 Å². The van der Waals surface area contributed by atoms with Crippen LogP contribution in [0.3, 0.4) is 0 Å². The fraction of sp³-hybridized carbons (Fsp3) is 0.0667. The fourth-order valence-electron chi connectivity index (χ4n) is 1.74. The molecule has 0 unspecified atom stereocenters. The van der Waals surface area contributed by atoms with Gasteiger partial charge in [-0.25, -0.2) is 0 Å². The summed E-state index contributed by atoms with van der Waals surface area (Å²) < 4.78 is 0. The van der Waals surface area contributed by atoms with Gasteiger partial charge in [-0.05, 0) is 31.2 Å². The summed E-state index contributed by atoms with van der Waals surface area (Å²) in [5.41, 5.74) is 1.39. The molecule has 0 N–H and O–H groups in total. The van der Waals surface area contributed by atoms with E-state index >= 15 is 0 Å². The monoisotopic (exact) mass is 258 g/mol. The van der Waals surface area contributed by atoms with E-state index in [0.717, 1.165) is 0 Å². The first-order valence-electron chi connectivity index (χ1n) is 5.50. The van der Waals surface area contributed by atoms with E-state index < -0.39 is 0 Å². The molecule has 0 aromatic heterocycles. The average Bonchev–Trinajstić information content (AvgIpc) is 2.39. The third-order valence-electron chi connectivity index (χ3n) is 2.66. The van der Waals surface area contributed by atoms with Crippen molar-refractivity contribution in [2.75, 3.05) is 0 Å². The Balaban J connectivity index is 2.46. The Morgan fingerprint density at radius 2 is 1.44 bits per heavy atom. The smallest absolute Gasteiger partial charge is 0.193 e. The zero-order chi connectivity index (χ0) is 13.1. The summed E-state index contributed by atoms with van der Waals surface area (Å²) in [6.07, 6.45) is 0. The topological polar surface area (TPSA) is 34.1 Å². The van der Waals surface area contributed by atoms with Crippen LogP contribution in [-0.4, -0.2) is 11.6 Å². The van der Waals surface area contributed by atoms with Gasteiger partial charge in [-0.1, -0.05) is 35.9 Å². The van der Waals surface area contributed by atoms with Crippen LogP contribution in [0.1, 0.15) is 33.2 Å². The lowest BCUT2D eigenvalue weighted by atomic mass is 9.96. The van der Waals surface area contributed by atoms with Gasteiger partial charge in [0.2, 0.25) is 0 Å². The lowest BCUT2D eigenvalue weighted by Gasteiger charge is -2.05. The largest absolute Gasteiger partial charge is 0.294 e. The highest BCUT2D eigenvalue weighted by Gasteiger charge is 2.15. The van der Waals surface area contributed by atoms with Gasteiger partial charge >= 0.3 is 0 Å². The van der Waals surface area contributed by atoms with E-state index in [-0.39, 0.29) is 11.6 Å². The van der Waals surface area contributed by atoms with Crippen LogP contribution in [0.15, 0.2) is 48.5 Å². The maximum absolute atomic E-state index is 12.3. The van der Waals surface area contributed by atoms with E-state index in [1.807, 2.05) is 0 Å². The number of carbonyl (C=O) groups excluding carboxylic acids is 2. The van der Waals surface area contributed by atoms with Crippen molar-refractivity contribution in [2.24, 2.45) is 0 Å². The summed E-state index contributed by atoms with van der Waals surface area (Å²) in [6.45, 7) is 1.45. The molecule has 0 saturated carbocycles. The predicted molar refractivity (Wildman–Crippen MR) is 71.3 cm³/mol. The molecule has 0 aliphatic rings. The van der Waals surface area contributed by atoms with Crippen LogP contribution in [0.4, 0.5) is 0 Å². The maximum Gasteiger partial charge on any atom is 0.193 e. The first kappa shape index (κ1) is 12.5. The van der Waals surface area contributed by atoms with Gasteiger partial charge in [0.05, 0.1) is 0 Å². The Hall–Kier alpha value is -1.93. The zero-order valence-electron chi connectivity index (χ0n) is 9.81. The summed E-state index contributed by atoms with van der Waals surface area (Å²) in [5, 5.41) is 0.575. The Morgan fingerprint density at radius 3 is 2.00 bits per heavy atom. The number of carbonyl (C=O) groups is 2. The summed E-state index contributed by atoms with van der Waals surface area (Å²) in [7, 11) is 0. The van der Waals surface area contributed by atoms with E-state index in [1.54, 1.807) is 48.5 Å². The Kier molecular flexibility index (Phi) is 3.58. The Labute approximate surface area is 110 Å². The summed E-state index contributed by atoms with van der Waals surface area (Å²) in [6, 6.07) is 13.4. The molecule has 0 bridgehead atoms. The molecule has 0 heterocycles. The molecule has 0 amide bonds. The average molecular weight is 259 g/mol. The molecule has 0 saturated heterocycles. The molecular weight excluding hydrogens is 248 g/mol. The van der Waals surface area contributed by atoms with E-state index in [4.69, 9.17) is 11.6 Å². The number of ketones is 2. The van der Waals surface area contributed by atoms with Gasteiger partial charge in [0, 0.05) is 21.7 Å². The van der Waals surface area contributed by atoms with Crippen molar-refractivity contribution < 1.29 is 9.59 Å². The van der Waals surface area contributed by atoms with Gasteiger partial charge in [0.25, 0.3) is 0 Å². The third-order valence-corrected chi connectivity index (χ3v) is 2.91. The van der Waals surface area contributed by atoms with Crippen molar-refractivity contribution in [3.63, 3.8) is 0 Å². The molecular formula is C15H11ClO2. The van der Waals surface area contributed by atoms with Gasteiger partial charge in [-0.2, -0.15) is 0 Å². The molecule has 0 aliphatic carbocycles. The normalized spacial score (nSPS) is 10.1. The van der Waals surface area contributed by atoms with Crippen LogP contribution in [0.2, 0.25) is 5.02 Å². The summed E-state index contributed by atoms with van der Waals surface area (Å²) in [4.78, 5) is 23.8. The van der Waals surface area contributed by atoms with Crippen LogP contribution < -0.4 is 0 Å². The molecule has 0 fully saturated rings. The number of hydrogen-bond donors (Lipinski definition) is 0. The molecule has 3 heteroatoms. The van der Waals surface area contributed by atoms with Gasteiger partial charge < -0.3 is 0 Å². The number of rotatable bonds is 3. The van der Waals surface area contributed by atoms with Crippen LogP contribution in [-0.2, 0) is 0 Å². The highest BCUT2D eigenvalue weighted by molar-refractivity contribution is 6.30. The van der Waals surface area contributed by atoms with Crippen molar-refractivity contribution in [3.05, 3.63) is 70.2 Å². The van der Waals surface area contributed by atoms with E-state index in [1.165, 1.54) is 6.92 Å². The zero-order valence-corrected chi connectivity index (χ0v) is 10.6. The quantitative estimate of drug-likeness (QED) is 0.786. The number of halogens is 1. The van der Waals surface area contributed by atoms with Crippen molar-refractivity contribution in [3.8, 4) is 0 Å². The second kappa shape index (κ2) is 5.15. The van der Waals surface area contributed by atoms with E-state index in [0.29, 0.717) is 21.7 Å². The Morgan fingerprint density at radius 1 is 0.889 bits per heavy atom. The highest BCUT2D eigenvalue weighted by Crippen LogP contribution is 2.17. The molecule has 0 atom stereocenters. The van der Waals surface area contributed by atoms with E-state index in [2.05, 4.69) is 0 Å². The standard InChI is InChI=1S/C15H11ClO2/c1-10(17)13-4-2-3-5-14(13)15(18)11-6-8-12(16)9-7-11/h2-9H,1H3. The van der Waals surface area contributed by atoms with Crippen LogP contribution >= 0.6 is 11.6 Å². The molecule has 2 nitrogen and oxygen atoms in total. The summed E-state index contributed by atoms with van der Waals surface area (Å²) >= 11 is 5.78. The van der Waals surface area contributed by atoms with Gasteiger partial charge in [-0.15, -0.1) is 0 Å². The van der Waals surface area contributed by atoms with Gasteiger partial charge in [0.15, 0.2) is 11.6 Å². The molecule has 18 heavy (non-hydrogen) atoms. The molecule has 0 aliphatic heterocycles. The SMILES string of the molecule is CC(=O)c1ccccc1C(=O)c1ccc(Cl)cc1. The van der Waals surface area contributed by atoms with Crippen molar-refractivity contribution in [2.45, 2.75) is 6.92 Å². The molecule has 0 spiro atoms. The minimum Gasteiger partial charge on any atom is -0.294 e. The number of hydrogen-bond acceptors (Lipinski definition) is 2. The second-order valence-electron chi connectivity index (χ2n) is 3.94. The molecule has 2 aromatic rings. The first-order chi connectivity index (χ1) is 8.59. The first-order valence-corrected chi connectivity index (χ1v) is 5.87. The molecule has 90 valence electrons. The maximum atomic E-state index is 12.3. The van der Waals surface area contributed by atoms with Crippen molar-refractivity contribution in [1.29, 1.82) is 0 Å². The lowest BCUT2D eigenvalue weighted by molar-refractivity contribution is 0.0990. The third kappa shape index (κ3) is 2.49. The molecule has 0 radical (unpaired) electrons. The lowest BCUT2D eigenvalue weighted by Crippen LogP contribution is -2.07. The van der Waals surface area contributed by atoms with Gasteiger partial charge in [0.1, 0.15) is 0 Å². The van der Waals surface area contributed by atoms with Crippen LogP contribution in [0, 0.1) is 0 Å². The molecule has 2 rings (SSSR count). The molecule has 2 aromatic carbocycles. The fourth-order valence-corrected chi connectivity index (χ4v) is 1.87. The second-order valence-corrected chi connectivity index (χ2v) is 4.37. The van der Waals surface area contributed by atoms with Crippen LogP contribution in [0.25, 0.3) is 0 Å². The van der Waals surface area contributed by atoms with Crippen LogP contribution in [0.5, 0.6) is 0 Å².